The van der Waals surface area contributed by atoms with Crippen LogP contribution in [-0.4, -0.2) is 6.61 Å². The topological polar surface area (TPSA) is 13.1 Å². The van der Waals surface area contributed by atoms with E-state index in [1.807, 2.05) is 6.07 Å². The van der Waals surface area contributed by atoms with E-state index in [2.05, 4.69) is 62.8 Å². The van der Waals surface area contributed by atoms with Crippen molar-refractivity contribution in [2.24, 2.45) is 7.05 Å². The quantitative estimate of drug-likeness (QED) is 0.712. The van der Waals surface area contributed by atoms with Crippen LogP contribution in [-0.2, 0) is 12.5 Å². The van der Waals surface area contributed by atoms with Crippen molar-refractivity contribution in [3.05, 3.63) is 47.7 Å². The highest BCUT2D eigenvalue weighted by molar-refractivity contribution is 5.73. The van der Waals surface area contributed by atoms with Gasteiger partial charge < -0.3 is 4.74 Å². The van der Waals surface area contributed by atoms with Crippen molar-refractivity contribution in [3.63, 3.8) is 0 Å². The normalized spacial score (nSPS) is 16.0. The number of benzene rings is 1. The van der Waals surface area contributed by atoms with Crippen molar-refractivity contribution in [2.75, 3.05) is 6.61 Å². The van der Waals surface area contributed by atoms with Crippen LogP contribution in [0.5, 0.6) is 5.75 Å². The lowest BCUT2D eigenvalue weighted by atomic mass is 9.85. The average Bonchev–Trinajstić information content (AvgIpc) is 2.67. The number of hydrogen-bond donors (Lipinski definition) is 0. The van der Waals surface area contributed by atoms with Gasteiger partial charge in [-0.15, -0.1) is 0 Å². The van der Waals surface area contributed by atoms with E-state index < -0.39 is 0 Å². The Kier molecular flexibility index (Phi) is 2.63. The molecule has 0 radical (unpaired) electrons. The Balaban J connectivity index is 2.29. The maximum Gasteiger partial charge on any atom is 0.216 e. The molecule has 98 valence electrons. The summed E-state index contributed by atoms with van der Waals surface area (Å²) in [4.78, 5) is 0. The van der Waals surface area contributed by atoms with Crippen molar-refractivity contribution in [1.82, 2.24) is 0 Å². The van der Waals surface area contributed by atoms with E-state index in [0.717, 1.165) is 12.4 Å². The smallest absolute Gasteiger partial charge is 0.216 e. The number of fused-ring (bicyclic) bond motifs is 1. The Morgan fingerprint density at radius 3 is 2.68 bits per heavy atom. The van der Waals surface area contributed by atoms with E-state index in [1.165, 1.54) is 22.4 Å². The predicted molar refractivity (Wildman–Crippen MR) is 76.3 cm³/mol. The van der Waals surface area contributed by atoms with Crippen LogP contribution < -0.4 is 9.30 Å². The number of ether oxygens (including phenoxy) is 1. The summed E-state index contributed by atoms with van der Waals surface area (Å²) in [5.41, 5.74) is 5.11. The highest BCUT2D eigenvalue weighted by Crippen LogP contribution is 2.45. The van der Waals surface area contributed by atoms with Crippen LogP contribution in [0.2, 0.25) is 0 Å². The van der Waals surface area contributed by atoms with Gasteiger partial charge in [0.2, 0.25) is 5.69 Å². The third-order valence-electron chi connectivity index (χ3n) is 3.98. The van der Waals surface area contributed by atoms with Crippen molar-refractivity contribution >= 4 is 0 Å². The average molecular weight is 254 g/mol. The highest BCUT2D eigenvalue weighted by atomic mass is 16.5. The largest absolute Gasteiger partial charge is 0.491 e. The van der Waals surface area contributed by atoms with Crippen LogP contribution in [0.25, 0.3) is 11.3 Å². The Morgan fingerprint density at radius 2 is 1.95 bits per heavy atom. The summed E-state index contributed by atoms with van der Waals surface area (Å²) in [6, 6.07) is 10.7. The lowest BCUT2D eigenvalue weighted by Crippen LogP contribution is -2.30. The van der Waals surface area contributed by atoms with E-state index in [1.54, 1.807) is 0 Å². The van der Waals surface area contributed by atoms with Crippen LogP contribution >= 0.6 is 0 Å². The lowest BCUT2D eigenvalue weighted by Gasteiger charge is -2.15. The van der Waals surface area contributed by atoms with Crippen molar-refractivity contribution < 1.29 is 9.30 Å². The Bertz CT molecular complexity index is 644. The molecular weight excluding hydrogens is 234 g/mol. The molecule has 0 bridgehead atoms. The number of pyridine rings is 1. The zero-order valence-electron chi connectivity index (χ0n) is 12.0. The Hall–Kier alpha value is -1.83. The van der Waals surface area contributed by atoms with Gasteiger partial charge in [0.15, 0.2) is 6.20 Å². The van der Waals surface area contributed by atoms with Gasteiger partial charge in [0.25, 0.3) is 0 Å². The van der Waals surface area contributed by atoms with Crippen molar-refractivity contribution in [2.45, 2.75) is 26.2 Å². The van der Waals surface area contributed by atoms with Crippen LogP contribution in [0.3, 0.4) is 0 Å². The van der Waals surface area contributed by atoms with Gasteiger partial charge in [0.1, 0.15) is 12.8 Å². The van der Waals surface area contributed by atoms with Gasteiger partial charge in [0, 0.05) is 23.1 Å². The second-order valence-corrected chi connectivity index (χ2v) is 6.00. The van der Waals surface area contributed by atoms with Gasteiger partial charge in [-0.25, -0.2) is 4.57 Å². The number of rotatable bonds is 1. The summed E-state index contributed by atoms with van der Waals surface area (Å²) in [6.45, 7) is 7.39. The molecule has 1 aliphatic rings. The van der Waals surface area contributed by atoms with E-state index in [0.29, 0.717) is 0 Å². The number of aryl methyl sites for hydroxylation is 2. The molecule has 0 spiro atoms. The molecule has 1 aromatic carbocycles. The predicted octanol–water partition coefficient (Wildman–Crippen LogP) is 3.16. The van der Waals surface area contributed by atoms with Crippen LogP contribution in [0, 0.1) is 6.92 Å². The third-order valence-corrected chi connectivity index (χ3v) is 3.98. The summed E-state index contributed by atoms with van der Waals surface area (Å²) >= 11 is 0. The minimum absolute atomic E-state index is 0.102. The van der Waals surface area contributed by atoms with E-state index >= 15 is 0 Å². The van der Waals surface area contributed by atoms with Gasteiger partial charge in [0.05, 0.1) is 12.2 Å². The summed E-state index contributed by atoms with van der Waals surface area (Å²) in [5.74, 6) is 1.06. The molecule has 2 heterocycles. The molecule has 0 saturated heterocycles. The van der Waals surface area contributed by atoms with Gasteiger partial charge in [-0.1, -0.05) is 26.0 Å². The van der Waals surface area contributed by atoms with Crippen molar-refractivity contribution in [3.8, 4) is 17.0 Å². The second kappa shape index (κ2) is 4.09. The summed E-state index contributed by atoms with van der Waals surface area (Å²) < 4.78 is 8.17. The fourth-order valence-corrected chi connectivity index (χ4v) is 2.80. The number of aromatic nitrogens is 1. The van der Waals surface area contributed by atoms with Gasteiger partial charge in [-0.05, 0) is 18.6 Å². The molecule has 3 rings (SSSR count). The molecule has 1 aliphatic heterocycles. The monoisotopic (exact) mass is 254 g/mol. The standard InChI is InChI=1S/C17H20NO/c1-12-8-9-13-16(19-11-17(13,2)3)15(12)14-7-5-6-10-18(14)4/h5-10H,11H2,1-4H3/q+1. The Morgan fingerprint density at radius 1 is 1.16 bits per heavy atom. The summed E-state index contributed by atoms with van der Waals surface area (Å²) in [7, 11) is 2.08. The summed E-state index contributed by atoms with van der Waals surface area (Å²) in [5, 5.41) is 0. The maximum atomic E-state index is 6.02. The molecule has 0 saturated carbocycles. The first-order valence-corrected chi connectivity index (χ1v) is 6.72. The first kappa shape index (κ1) is 12.2. The molecule has 2 aromatic rings. The zero-order valence-corrected chi connectivity index (χ0v) is 12.0. The highest BCUT2D eigenvalue weighted by Gasteiger charge is 2.35. The molecule has 19 heavy (non-hydrogen) atoms. The van der Waals surface area contributed by atoms with Gasteiger partial charge in [-0.3, -0.25) is 0 Å². The maximum absolute atomic E-state index is 6.02. The molecule has 2 heteroatoms. The van der Waals surface area contributed by atoms with Crippen LogP contribution in [0.1, 0.15) is 25.0 Å². The van der Waals surface area contributed by atoms with Crippen molar-refractivity contribution in [1.29, 1.82) is 0 Å². The van der Waals surface area contributed by atoms with Gasteiger partial charge >= 0.3 is 0 Å². The minimum atomic E-state index is 0.102. The van der Waals surface area contributed by atoms with E-state index in [-0.39, 0.29) is 5.41 Å². The number of nitrogens with zero attached hydrogens (tertiary/aromatic N) is 1. The lowest BCUT2D eigenvalue weighted by molar-refractivity contribution is -0.660. The molecular formula is C17H20NO+. The minimum Gasteiger partial charge on any atom is -0.491 e. The summed E-state index contributed by atoms with van der Waals surface area (Å²) in [6.07, 6.45) is 2.08. The molecule has 1 aromatic heterocycles. The molecule has 0 aliphatic carbocycles. The van der Waals surface area contributed by atoms with Crippen LogP contribution in [0.15, 0.2) is 36.5 Å². The number of hydrogen-bond acceptors (Lipinski definition) is 1. The first-order chi connectivity index (χ1) is 9.00. The Labute approximate surface area is 114 Å². The molecule has 2 nitrogen and oxygen atoms in total. The third kappa shape index (κ3) is 1.83. The fraction of sp³-hybridized carbons (Fsp3) is 0.353. The molecule has 0 fully saturated rings. The molecule has 0 amide bonds. The van der Waals surface area contributed by atoms with Gasteiger partial charge in [-0.2, -0.15) is 0 Å². The SMILES string of the molecule is Cc1ccc2c(c1-c1cccc[n+]1C)OCC2(C)C. The molecule has 0 N–H and O–H groups in total. The van der Waals surface area contributed by atoms with Crippen LogP contribution in [0.4, 0.5) is 0 Å². The molecule has 0 atom stereocenters. The molecule has 0 unspecified atom stereocenters. The van der Waals surface area contributed by atoms with E-state index in [4.69, 9.17) is 4.74 Å². The zero-order chi connectivity index (χ0) is 13.6. The fourth-order valence-electron chi connectivity index (χ4n) is 2.80. The second-order valence-electron chi connectivity index (χ2n) is 6.00. The first-order valence-electron chi connectivity index (χ1n) is 6.72. The van der Waals surface area contributed by atoms with E-state index in [9.17, 15) is 0 Å².